The Morgan fingerprint density at radius 3 is 1.49 bits per heavy atom. The number of carbonyl (C=O) groups is 1. The largest absolute Gasteiger partial charge is 0.115 e. The van der Waals surface area contributed by atoms with Gasteiger partial charge in [-0.25, -0.2) is 0 Å². The summed E-state index contributed by atoms with van der Waals surface area (Å²) in [4.78, 5) is 15.4. The maximum atomic E-state index is 12.9. The fraction of sp³-hybridized carbons (Fsp3) is 0.0312. The van der Waals surface area contributed by atoms with Crippen LogP contribution in [-0.2, 0) is 0 Å². The zero-order valence-electron chi connectivity index (χ0n) is 20.4. The predicted octanol–water partition coefficient (Wildman–Crippen LogP) is 6.65. The molecule has 5 aromatic rings. The van der Waals surface area contributed by atoms with Gasteiger partial charge in [0.05, 0.1) is 0 Å². The van der Waals surface area contributed by atoms with Gasteiger partial charge in [0.1, 0.15) is 0 Å². The van der Waals surface area contributed by atoms with Crippen molar-refractivity contribution in [1.29, 1.82) is 0 Å². The Kier molecular flexibility index (Phi) is 10.4. The summed E-state index contributed by atoms with van der Waals surface area (Å²) >= 11 is 5.98. The summed E-state index contributed by atoms with van der Waals surface area (Å²) in [5, 5.41) is 0. The second-order valence-electron chi connectivity index (χ2n) is 8.32. The van der Waals surface area contributed by atoms with Crippen molar-refractivity contribution in [1.82, 2.24) is 0 Å². The van der Waals surface area contributed by atoms with E-state index in [9.17, 15) is 4.79 Å². The smallest absolute Gasteiger partial charge is 0.115 e. The Morgan fingerprint density at radius 2 is 0.946 bits per heavy atom. The number of carbonyl (C=O) groups excluding carboxylic acids is 1. The average molecular weight is 646 g/mol. The van der Waals surface area contributed by atoms with Crippen LogP contribution < -0.4 is 10.5 Å². The zero-order valence-corrected chi connectivity index (χ0v) is 25.5. The third-order valence-electron chi connectivity index (χ3n) is 5.79. The molecule has 0 aliphatic heterocycles. The zero-order chi connectivity index (χ0) is 26.0. The summed E-state index contributed by atoms with van der Waals surface area (Å²) in [6, 6.07) is 46.4. The van der Waals surface area contributed by atoms with Crippen molar-refractivity contribution in [3.8, 4) is 0 Å². The van der Waals surface area contributed by atoms with E-state index in [1.54, 1.807) is 11.8 Å². The summed E-state index contributed by atoms with van der Waals surface area (Å²) in [6.45, 7) is 2.13. The predicted molar refractivity (Wildman–Crippen MR) is 167 cm³/mol. The van der Waals surface area contributed by atoms with Crippen LogP contribution in [0.25, 0.3) is 0 Å². The molecule has 0 saturated heterocycles. The fourth-order valence-corrected chi connectivity index (χ4v) is 11.2. The van der Waals surface area contributed by atoms with Gasteiger partial charge in [0.25, 0.3) is 0 Å². The van der Waals surface area contributed by atoms with Gasteiger partial charge in [-0.15, -0.1) is 23.3 Å². The molecule has 0 bridgehead atoms. The molecule has 0 radical (unpaired) electrons. The third-order valence-corrected chi connectivity index (χ3v) is 13.8. The molecule has 0 aromatic heterocycles. The van der Waals surface area contributed by atoms with Crippen LogP contribution >= 0.6 is 35.1 Å². The SMILES string of the molecule is Cc1cc[c]([Sb]([c]2ccc(Sc3ccccc3)cc2)[c]2ccc(C(=O)c3ccccc3)cc2)cc1.SS. The van der Waals surface area contributed by atoms with Crippen molar-refractivity contribution in [3.63, 3.8) is 0 Å². The summed E-state index contributed by atoms with van der Waals surface area (Å²) in [7, 11) is 0. The first-order chi connectivity index (χ1) is 18.2. The number of thiol groups is 2. The number of hydrogen-bond donors (Lipinski definition) is 2. The molecule has 0 N–H and O–H groups in total. The molecule has 1 nitrogen and oxygen atoms in total. The topological polar surface area (TPSA) is 17.1 Å². The summed E-state index contributed by atoms with van der Waals surface area (Å²) < 4.78 is 4.19. The van der Waals surface area contributed by atoms with Crippen LogP contribution in [-0.4, -0.2) is 26.0 Å². The Morgan fingerprint density at radius 1 is 0.541 bits per heavy atom. The molecule has 0 heterocycles. The van der Waals surface area contributed by atoms with Gasteiger partial charge in [0.2, 0.25) is 0 Å². The molecule has 0 fully saturated rings. The molecule has 184 valence electrons. The molecule has 0 atom stereocenters. The molecular formula is C32H27OS3Sb. The monoisotopic (exact) mass is 644 g/mol. The van der Waals surface area contributed by atoms with E-state index in [0.717, 1.165) is 11.1 Å². The Bertz CT molecular complexity index is 1400. The second-order valence-corrected chi connectivity index (χ2v) is 15.8. The van der Waals surface area contributed by atoms with Crippen LogP contribution in [0.3, 0.4) is 0 Å². The first kappa shape index (κ1) is 27.7. The van der Waals surface area contributed by atoms with Crippen LogP contribution in [0.1, 0.15) is 21.5 Å². The molecule has 5 heteroatoms. The standard InChI is InChI=1S/C13H9O.C12H9S.C7H7.H2S2.Sb/c14-13(11-7-3-1-4-8-11)12-9-5-2-6-10-12;1-3-7-11(8-4-1)13-12-9-5-2-6-10-12;1-7-5-3-2-4-6-7;1-2;/h1,3-10H;1,3-10H;3-6H,1H3;1-2H;. The first-order valence-electron chi connectivity index (χ1n) is 11.8. The number of benzene rings is 5. The van der Waals surface area contributed by atoms with Crippen molar-refractivity contribution < 1.29 is 4.79 Å². The third kappa shape index (κ3) is 7.36. The van der Waals surface area contributed by atoms with Gasteiger partial charge in [-0.05, 0) is 0 Å². The molecular weight excluding hydrogens is 618 g/mol. The van der Waals surface area contributed by atoms with Crippen LogP contribution in [0.2, 0.25) is 0 Å². The summed E-state index contributed by atoms with van der Waals surface area (Å²) in [6.07, 6.45) is 0. The minimum absolute atomic E-state index is 0.0679. The van der Waals surface area contributed by atoms with Gasteiger partial charge >= 0.3 is 220 Å². The number of aryl methyl sites for hydroxylation is 1. The van der Waals surface area contributed by atoms with Crippen molar-refractivity contribution in [3.05, 3.63) is 150 Å². The minimum Gasteiger partial charge on any atom is -0.115 e. The van der Waals surface area contributed by atoms with Gasteiger partial charge in [-0.2, -0.15) is 0 Å². The van der Waals surface area contributed by atoms with E-state index in [4.69, 9.17) is 0 Å². The van der Waals surface area contributed by atoms with Crippen LogP contribution in [0.5, 0.6) is 0 Å². The van der Waals surface area contributed by atoms with E-state index in [0.29, 0.717) is 0 Å². The van der Waals surface area contributed by atoms with Gasteiger partial charge < -0.3 is 0 Å². The second kappa shape index (κ2) is 14.0. The van der Waals surface area contributed by atoms with Crippen LogP contribution in [0.4, 0.5) is 0 Å². The maximum absolute atomic E-state index is 12.9. The molecule has 5 aromatic carbocycles. The summed E-state index contributed by atoms with van der Waals surface area (Å²) in [5.41, 5.74) is 2.73. The molecule has 0 spiro atoms. The normalized spacial score (nSPS) is 10.5. The average Bonchev–Trinajstić information content (AvgIpc) is 2.97. The van der Waals surface area contributed by atoms with Crippen molar-refractivity contribution in [2.24, 2.45) is 0 Å². The minimum atomic E-state index is -2.25. The van der Waals surface area contributed by atoms with E-state index in [-0.39, 0.29) is 5.78 Å². The molecule has 0 aliphatic carbocycles. The van der Waals surface area contributed by atoms with E-state index < -0.39 is 20.2 Å². The first-order valence-corrected chi connectivity index (χ1v) is 18.0. The Balaban J connectivity index is 0.00000156. The molecule has 37 heavy (non-hydrogen) atoms. The number of ketones is 1. The maximum Gasteiger partial charge on any atom is -0.115 e. The van der Waals surface area contributed by atoms with Crippen LogP contribution in [0, 0.1) is 6.92 Å². The molecule has 0 amide bonds. The molecule has 0 aliphatic rings. The van der Waals surface area contributed by atoms with E-state index >= 15 is 0 Å². The Hall–Kier alpha value is -2.36. The summed E-state index contributed by atoms with van der Waals surface area (Å²) in [5.74, 6) is 0.0679. The van der Waals surface area contributed by atoms with Crippen molar-refractivity contribution in [2.45, 2.75) is 16.7 Å². The quantitative estimate of drug-likeness (QED) is 0.0893. The van der Waals surface area contributed by atoms with Gasteiger partial charge in [-0.1, -0.05) is 0 Å². The molecule has 0 saturated carbocycles. The van der Waals surface area contributed by atoms with E-state index in [1.807, 2.05) is 48.5 Å². The van der Waals surface area contributed by atoms with Crippen molar-refractivity contribution in [2.75, 3.05) is 0 Å². The Labute approximate surface area is 241 Å². The van der Waals surface area contributed by atoms with Crippen molar-refractivity contribution >= 4 is 71.6 Å². The van der Waals surface area contributed by atoms with Gasteiger partial charge in [-0.3, -0.25) is 0 Å². The number of rotatable bonds is 7. The number of hydrogen-bond acceptors (Lipinski definition) is 4. The van der Waals surface area contributed by atoms with Gasteiger partial charge in [0.15, 0.2) is 0 Å². The van der Waals surface area contributed by atoms with Gasteiger partial charge in [0, 0.05) is 0 Å². The molecule has 5 rings (SSSR count). The van der Waals surface area contributed by atoms with E-state index in [1.165, 1.54) is 25.9 Å². The molecule has 0 unspecified atom stereocenters. The van der Waals surface area contributed by atoms with Crippen LogP contribution in [0.15, 0.2) is 143 Å². The van der Waals surface area contributed by atoms with E-state index in [2.05, 4.69) is 115 Å². The fourth-order valence-electron chi connectivity index (χ4n) is 3.95.